The molecule has 3 aliphatic heterocycles. The van der Waals surface area contributed by atoms with Crippen molar-refractivity contribution in [1.82, 2.24) is 4.90 Å². The lowest BCUT2D eigenvalue weighted by Gasteiger charge is -2.59. The van der Waals surface area contributed by atoms with Crippen LogP contribution in [0.3, 0.4) is 0 Å². The predicted octanol–water partition coefficient (Wildman–Crippen LogP) is 2.86. The first-order valence-electron chi connectivity index (χ1n) is 10.9. The minimum absolute atomic E-state index is 0.0973. The van der Waals surface area contributed by atoms with Crippen LogP contribution in [0.25, 0.3) is 0 Å². The lowest BCUT2D eigenvalue weighted by Crippen LogP contribution is -2.65. The molecule has 6 atom stereocenters. The Labute approximate surface area is 166 Å². The summed E-state index contributed by atoms with van der Waals surface area (Å²) in [7, 11) is 1.46. The van der Waals surface area contributed by atoms with Crippen molar-refractivity contribution in [2.24, 2.45) is 28.6 Å². The number of carbonyl (C=O) groups is 2. The summed E-state index contributed by atoms with van der Waals surface area (Å²) in [6, 6.07) is 0.434. The number of allylic oxidation sites excluding steroid dienone is 2. The van der Waals surface area contributed by atoms with Gasteiger partial charge in [-0.15, -0.1) is 0 Å². The Morgan fingerprint density at radius 2 is 2.11 bits per heavy atom. The van der Waals surface area contributed by atoms with E-state index in [0.29, 0.717) is 43.1 Å². The lowest BCUT2D eigenvalue weighted by molar-refractivity contribution is -0.157. The number of Topliss-reactive ketones (excluding diaryl/α,β-unsaturated/α-hetero) is 1. The number of rotatable bonds is 1. The van der Waals surface area contributed by atoms with E-state index in [-0.39, 0.29) is 17.3 Å². The Morgan fingerprint density at radius 1 is 1.29 bits per heavy atom. The van der Waals surface area contributed by atoms with Crippen molar-refractivity contribution < 1.29 is 19.1 Å². The van der Waals surface area contributed by atoms with E-state index in [0.717, 1.165) is 54.8 Å². The summed E-state index contributed by atoms with van der Waals surface area (Å²) >= 11 is 0. The van der Waals surface area contributed by atoms with Crippen molar-refractivity contribution >= 4 is 11.8 Å². The zero-order valence-corrected chi connectivity index (χ0v) is 17.0. The zero-order valence-electron chi connectivity index (χ0n) is 17.0. The molecule has 1 spiro atoms. The number of hydrogen-bond donors (Lipinski definition) is 0. The van der Waals surface area contributed by atoms with Gasteiger partial charge in [-0.1, -0.05) is 13.8 Å². The molecular formula is C23H29NO4. The Bertz CT molecular complexity index is 872. The molecule has 0 aromatic carbocycles. The zero-order chi connectivity index (χ0) is 19.4. The number of carbonyl (C=O) groups excluding carboxylic acids is 2. The number of hydrogen-bond acceptors (Lipinski definition) is 5. The van der Waals surface area contributed by atoms with Gasteiger partial charge in [-0.3, -0.25) is 9.69 Å². The van der Waals surface area contributed by atoms with Gasteiger partial charge in [0.05, 0.1) is 19.1 Å². The number of fused-ring (bicyclic) bond motifs is 1. The maximum atomic E-state index is 14.3. The summed E-state index contributed by atoms with van der Waals surface area (Å²) in [5.41, 5.74) is 2.22. The highest BCUT2D eigenvalue weighted by Crippen LogP contribution is 2.72. The fourth-order valence-electron chi connectivity index (χ4n) is 8.18. The van der Waals surface area contributed by atoms with Gasteiger partial charge in [0.1, 0.15) is 11.5 Å². The van der Waals surface area contributed by atoms with E-state index in [1.807, 2.05) is 0 Å². The molecule has 0 amide bonds. The first kappa shape index (κ1) is 17.3. The van der Waals surface area contributed by atoms with Crippen LogP contribution in [0.4, 0.5) is 0 Å². The van der Waals surface area contributed by atoms with E-state index in [1.165, 1.54) is 7.11 Å². The molecule has 3 fully saturated rings. The van der Waals surface area contributed by atoms with E-state index in [9.17, 15) is 9.59 Å². The van der Waals surface area contributed by atoms with Crippen molar-refractivity contribution in [3.8, 4) is 0 Å². The molecule has 3 aliphatic carbocycles. The highest BCUT2D eigenvalue weighted by atomic mass is 16.5. The van der Waals surface area contributed by atoms with Crippen LogP contribution < -0.4 is 0 Å². The second-order valence-electron chi connectivity index (χ2n) is 10.1. The molecule has 0 aromatic rings. The summed E-state index contributed by atoms with van der Waals surface area (Å²) in [4.78, 5) is 29.7. The third kappa shape index (κ3) is 1.67. The van der Waals surface area contributed by atoms with Gasteiger partial charge < -0.3 is 9.47 Å². The average Bonchev–Trinajstić information content (AvgIpc) is 3.16. The van der Waals surface area contributed by atoms with E-state index >= 15 is 0 Å². The molecule has 0 radical (unpaired) electrons. The van der Waals surface area contributed by atoms with Gasteiger partial charge in [0.25, 0.3) is 0 Å². The minimum Gasteiger partial charge on any atom is -0.497 e. The molecule has 5 nitrogen and oxygen atoms in total. The normalized spacial score (nSPS) is 46.3. The maximum absolute atomic E-state index is 14.3. The highest BCUT2D eigenvalue weighted by molar-refractivity contribution is 6.01. The molecule has 0 aromatic heterocycles. The minimum atomic E-state index is -0.597. The van der Waals surface area contributed by atoms with Crippen LogP contribution >= 0.6 is 0 Å². The fraction of sp³-hybridized carbons (Fsp3) is 0.739. The van der Waals surface area contributed by atoms with Gasteiger partial charge in [0, 0.05) is 54.5 Å². The van der Waals surface area contributed by atoms with Crippen LogP contribution in [-0.4, -0.2) is 49.5 Å². The lowest BCUT2D eigenvalue weighted by atomic mass is 9.45. The third-order valence-corrected chi connectivity index (χ3v) is 9.39. The summed E-state index contributed by atoms with van der Waals surface area (Å²) in [5, 5.41) is 0. The van der Waals surface area contributed by atoms with Crippen LogP contribution in [0.15, 0.2) is 22.5 Å². The third-order valence-electron chi connectivity index (χ3n) is 9.39. The standard InChI is InChI=1S/C23H29NO4/c1-12-10-24-11-13-4-5-17-19-14(6-7-28-17)16(21(26)27-3)9-23(19)20(25)15(12)8-18(24)22(13,23)2/h12-13,15,18H,4-11H2,1-3H3/t12-,13-,15-,18-,22-,23+/m0/s1. The Morgan fingerprint density at radius 3 is 2.89 bits per heavy atom. The van der Waals surface area contributed by atoms with Crippen LogP contribution in [0.5, 0.6) is 0 Å². The van der Waals surface area contributed by atoms with E-state index in [2.05, 4.69) is 18.7 Å². The smallest absolute Gasteiger partial charge is 0.334 e. The van der Waals surface area contributed by atoms with Crippen LogP contribution in [0, 0.1) is 28.6 Å². The molecule has 0 unspecified atom stereocenters. The van der Waals surface area contributed by atoms with Crippen molar-refractivity contribution in [1.29, 1.82) is 0 Å². The Hall–Kier alpha value is -1.62. The number of esters is 1. The quantitative estimate of drug-likeness (QED) is 0.652. The van der Waals surface area contributed by atoms with Gasteiger partial charge in [-0.2, -0.15) is 0 Å². The molecule has 2 bridgehead atoms. The Kier molecular flexibility index (Phi) is 3.26. The predicted molar refractivity (Wildman–Crippen MR) is 102 cm³/mol. The first-order valence-corrected chi connectivity index (χ1v) is 10.9. The molecule has 6 aliphatic rings. The van der Waals surface area contributed by atoms with Crippen molar-refractivity contribution in [3.63, 3.8) is 0 Å². The summed E-state index contributed by atoms with van der Waals surface area (Å²) in [6.07, 6.45) is 4.20. The average molecular weight is 383 g/mol. The molecule has 5 heteroatoms. The summed E-state index contributed by atoms with van der Waals surface area (Å²) in [5.74, 6) is 2.09. The van der Waals surface area contributed by atoms with Gasteiger partial charge in [-0.05, 0) is 36.7 Å². The molecular weight excluding hydrogens is 354 g/mol. The number of ketones is 1. The first-order chi connectivity index (χ1) is 13.4. The second kappa shape index (κ2) is 5.29. The number of ether oxygens (including phenoxy) is 2. The number of piperidine rings is 1. The molecule has 6 rings (SSSR count). The SMILES string of the molecule is COC(=O)C1=C2CCOC3=C2[C@]2(C1)C(=O)[C@H]1C[C@@H]4N(C[C@H](CC3)[C@@]42C)C[C@@H]1C. The topological polar surface area (TPSA) is 55.8 Å². The van der Waals surface area contributed by atoms with Gasteiger partial charge in [0.15, 0.2) is 0 Å². The van der Waals surface area contributed by atoms with Gasteiger partial charge in [-0.25, -0.2) is 4.79 Å². The van der Waals surface area contributed by atoms with Crippen molar-refractivity contribution in [2.75, 3.05) is 26.8 Å². The number of methoxy groups -OCH3 is 1. The summed E-state index contributed by atoms with van der Waals surface area (Å²) < 4.78 is 11.4. The monoisotopic (exact) mass is 383 g/mol. The van der Waals surface area contributed by atoms with Gasteiger partial charge in [0.2, 0.25) is 0 Å². The van der Waals surface area contributed by atoms with Crippen LogP contribution in [-0.2, 0) is 19.1 Å². The molecule has 2 saturated heterocycles. The fourth-order valence-corrected chi connectivity index (χ4v) is 8.18. The van der Waals surface area contributed by atoms with E-state index in [1.54, 1.807) is 0 Å². The van der Waals surface area contributed by atoms with E-state index < -0.39 is 5.41 Å². The highest BCUT2D eigenvalue weighted by Gasteiger charge is 2.74. The largest absolute Gasteiger partial charge is 0.497 e. The molecule has 3 heterocycles. The van der Waals surface area contributed by atoms with Crippen LogP contribution in [0.2, 0.25) is 0 Å². The molecule has 28 heavy (non-hydrogen) atoms. The van der Waals surface area contributed by atoms with Crippen molar-refractivity contribution in [3.05, 3.63) is 22.5 Å². The molecule has 1 saturated carbocycles. The Balaban J connectivity index is 1.65. The van der Waals surface area contributed by atoms with Gasteiger partial charge >= 0.3 is 5.97 Å². The van der Waals surface area contributed by atoms with Crippen LogP contribution in [0.1, 0.15) is 46.0 Å². The second-order valence-corrected chi connectivity index (χ2v) is 10.1. The maximum Gasteiger partial charge on any atom is 0.334 e. The molecule has 0 N–H and O–H groups in total. The number of nitrogens with zero attached hydrogens (tertiary/aromatic N) is 1. The molecule has 150 valence electrons. The summed E-state index contributed by atoms with van der Waals surface area (Å²) in [6.45, 7) is 7.34. The van der Waals surface area contributed by atoms with Crippen molar-refractivity contribution in [2.45, 2.75) is 52.0 Å². The van der Waals surface area contributed by atoms with E-state index in [4.69, 9.17) is 9.47 Å².